The number of benzene rings is 1. The standard InChI is InChI=1S/C17H23FN2/c1-13-4-2-5-14(10-13)8-9-20-12-16-7-3-6-15(11-19)17(16)18/h3,6-7,13-14,20H,2,4-5,8-10,12H2,1H3. The highest BCUT2D eigenvalue weighted by Crippen LogP contribution is 2.30. The minimum absolute atomic E-state index is 0.130. The zero-order valence-corrected chi connectivity index (χ0v) is 12.2. The fourth-order valence-corrected chi connectivity index (χ4v) is 3.15. The topological polar surface area (TPSA) is 35.8 Å². The van der Waals surface area contributed by atoms with Crippen LogP contribution in [-0.2, 0) is 6.54 Å². The molecular formula is C17H23FN2. The van der Waals surface area contributed by atoms with E-state index in [0.717, 1.165) is 18.4 Å². The number of hydrogen-bond donors (Lipinski definition) is 1. The molecule has 1 N–H and O–H groups in total. The molecule has 0 radical (unpaired) electrons. The lowest BCUT2D eigenvalue weighted by Crippen LogP contribution is -2.21. The summed E-state index contributed by atoms with van der Waals surface area (Å²) >= 11 is 0. The lowest BCUT2D eigenvalue weighted by atomic mass is 9.81. The largest absolute Gasteiger partial charge is 0.313 e. The molecule has 3 heteroatoms. The van der Waals surface area contributed by atoms with Crippen LogP contribution in [0.25, 0.3) is 0 Å². The summed E-state index contributed by atoms with van der Waals surface area (Å²) in [4.78, 5) is 0. The van der Waals surface area contributed by atoms with Gasteiger partial charge in [0.1, 0.15) is 11.9 Å². The van der Waals surface area contributed by atoms with Crippen LogP contribution in [0.5, 0.6) is 0 Å². The fourth-order valence-electron chi connectivity index (χ4n) is 3.15. The van der Waals surface area contributed by atoms with Crippen LogP contribution in [0.4, 0.5) is 4.39 Å². The Hall–Kier alpha value is -1.40. The van der Waals surface area contributed by atoms with E-state index in [-0.39, 0.29) is 11.4 Å². The zero-order valence-electron chi connectivity index (χ0n) is 12.2. The Morgan fingerprint density at radius 1 is 1.40 bits per heavy atom. The maximum atomic E-state index is 13.8. The second-order valence-corrected chi connectivity index (χ2v) is 5.99. The molecule has 1 aromatic carbocycles. The van der Waals surface area contributed by atoms with E-state index in [4.69, 9.17) is 5.26 Å². The predicted octanol–water partition coefficient (Wildman–Crippen LogP) is 4.00. The van der Waals surface area contributed by atoms with Gasteiger partial charge in [-0.25, -0.2) is 4.39 Å². The zero-order chi connectivity index (χ0) is 14.4. The highest BCUT2D eigenvalue weighted by molar-refractivity contribution is 5.34. The molecule has 2 rings (SSSR count). The first-order valence-electron chi connectivity index (χ1n) is 7.59. The van der Waals surface area contributed by atoms with Gasteiger partial charge in [-0.3, -0.25) is 0 Å². The summed E-state index contributed by atoms with van der Waals surface area (Å²) in [5.41, 5.74) is 0.714. The Kier molecular flexibility index (Phi) is 5.55. The van der Waals surface area contributed by atoms with Gasteiger partial charge in [0.05, 0.1) is 5.56 Å². The predicted molar refractivity (Wildman–Crippen MR) is 78.6 cm³/mol. The van der Waals surface area contributed by atoms with Crippen molar-refractivity contribution in [3.63, 3.8) is 0 Å². The summed E-state index contributed by atoms with van der Waals surface area (Å²) in [5, 5.41) is 12.1. The van der Waals surface area contributed by atoms with E-state index in [1.807, 2.05) is 6.07 Å². The monoisotopic (exact) mass is 274 g/mol. The van der Waals surface area contributed by atoms with E-state index in [9.17, 15) is 4.39 Å². The second-order valence-electron chi connectivity index (χ2n) is 5.99. The Morgan fingerprint density at radius 2 is 2.25 bits per heavy atom. The molecule has 0 aromatic heterocycles. The van der Waals surface area contributed by atoms with Crippen LogP contribution in [0.3, 0.4) is 0 Å². The van der Waals surface area contributed by atoms with E-state index < -0.39 is 0 Å². The Balaban J connectivity index is 1.75. The highest BCUT2D eigenvalue weighted by atomic mass is 19.1. The maximum absolute atomic E-state index is 13.8. The first kappa shape index (κ1) is 15.0. The summed E-state index contributed by atoms with van der Waals surface area (Å²) in [5.74, 6) is 1.30. The molecule has 1 aliphatic rings. The average Bonchev–Trinajstić information content (AvgIpc) is 2.45. The summed E-state index contributed by atoms with van der Waals surface area (Å²) in [7, 11) is 0. The Morgan fingerprint density at radius 3 is 3.00 bits per heavy atom. The lowest BCUT2D eigenvalue weighted by molar-refractivity contribution is 0.267. The minimum atomic E-state index is -0.381. The molecule has 1 saturated carbocycles. The van der Waals surface area contributed by atoms with Gasteiger partial charge >= 0.3 is 0 Å². The van der Waals surface area contributed by atoms with Gasteiger partial charge in [0.25, 0.3) is 0 Å². The van der Waals surface area contributed by atoms with Crippen molar-refractivity contribution in [2.24, 2.45) is 11.8 Å². The number of halogens is 1. The van der Waals surface area contributed by atoms with Crippen LogP contribution in [0.2, 0.25) is 0 Å². The number of rotatable bonds is 5. The Bertz CT molecular complexity index is 478. The normalized spacial score (nSPS) is 22.4. The van der Waals surface area contributed by atoms with E-state index >= 15 is 0 Å². The van der Waals surface area contributed by atoms with E-state index in [1.54, 1.807) is 12.1 Å². The van der Waals surface area contributed by atoms with Gasteiger partial charge in [-0.2, -0.15) is 5.26 Å². The van der Waals surface area contributed by atoms with Crippen LogP contribution in [-0.4, -0.2) is 6.54 Å². The molecule has 0 heterocycles. The first-order valence-corrected chi connectivity index (χ1v) is 7.59. The summed E-state index contributed by atoms with van der Waals surface area (Å²) < 4.78 is 13.8. The van der Waals surface area contributed by atoms with Gasteiger partial charge < -0.3 is 5.32 Å². The maximum Gasteiger partial charge on any atom is 0.145 e. The van der Waals surface area contributed by atoms with Gasteiger partial charge in [0.2, 0.25) is 0 Å². The van der Waals surface area contributed by atoms with Crippen LogP contribution < -0.4 is 5.32 Å². The van der Waals surface area contributed by atoms with Gasteiger partial charge in [-0.1, -0.05) is 38.3 Å². The average molecular weight is 274 g/mol. The SMILES string of the molecule is CC1CCCC(CCNCc2cccc(C#N)c2F)C1. The van der Waals surface area contributed by atoms with E-state index in [2.05, 4.69) is 12.2 Å². The van der Waals surface area contributed by atoms with Crippen molar-refractivity contribution in [2.45, 2.75) is 45.6 Å². The number of nitrogens with zero attached hydrogens (tertiary/aromatic N) is 1. The molecule has 2 nitrogen and oxygen atoms in total. The van der Waals surface area contributed by atoms with E-state index in [0.29, 0.717) is 12.1 Å². The lowest BCUT2D eigenvalue weighted by Gasteiger charge is -2.26. The van der Waals surface area contributed by atoms with Crippen molar-refractivity contribution in [3.8, 4) is 6.07 Å². The molecule has 2 unspecified atom stereocenters. The molecule has 0 aliphatic heterocycles. The van der Waals surface area contributed by atoms with Crippen molar-refractivity contribution in [2.75, 3.05) is 6.54 Å². The van der Waals surface area contributed by atoms with Crippen molar-refractivity contribution in [3.05, 3.63) is 35.1 Å². The van der Waals surface area contributed by atoms with Gasteiger partial charge in [0.15, 0.2) is 0 Å². The molecule has 0 spiro atoms. The fraction of sp³-hybridized carbons (Fsp3) is 0.588. The third kappa shape index (κ3) is 4.05. The van der Waals surface area contributed by atoms with Crippen molar-refractivity contribution < 1.29 is 4.39 Å². The number of hydrogen-bond acceptors (Lipinski definition) is 2. The van der Waals surface area contributed by atoms with Crippen LogP contribution in [0.15, 0.2) is 18.2 Å². The van der Waals surface area contributed by atoms with Crippen LogP contribution in [0, 0.1) is 29.0 Å². The first-order chi connectivity index (χ1) is 9.70. The molecule has 1 fully saturated rings. The molecular weight excluding hydrogens is 251 g/mol. The summed E-state index contributed by atoms with van der Waals surface area (Å²) in [6.07, 6.45) is 6.56. The van der Waals surface area contributed by atoms with Gasteiger partial charge in [-0.15, -0.1) is 0 Å². The van der Waals surface area contributed by atoms with E-state index in [1.165, 1.54) is 38.2 Å². The van der Waals surface area contributed by atoms with Gasteiger partial charge in [0, 0.05) is 12.1 Å². The third-order valence-electron chi connectivity index (χ3n) is 4.29. The number of nitrogens with one attached hydrogen (secondary N) is 1. The molecule has 108 valence electrons. The molecule has 2 atom stereocenters. The van der Waals surface area contributed by atoms with Gasteiger partial charge in [-0.05, 0) is 37.3 Å². The van der Waals surface area contributed by atoms with Crippen LogP contribution in [0.1, 0.15) is 50.2 Å². The molecule has 1 aromatic rings. The number of nitriles is 1. The minimum Gasteiger partial charge on any atom is -0.313 e. The molecule has 0 bridgehead atoms. The Labute approximate surface area is 121 Å². The van der Waals surface area contributed by atoms with Crippen molar-refractivity contribution in [1.82, 2.24) is 5.32 Å². The highest BCUT2D eigenvalue weighted by Gasteiger charge is 2.18. The quantitative estimate of drug-likeness (QED) is 0.824. The molecule has 1 aliphatic carbocycles. The smallest absolute Gasteiger partial charge is 0.145 e. The third-order valence-corrected chi connectivity index (χ3v) is 4.29. The van der Waals surface area contributed by atoms with Crippen molar-refractivity contribution in [1.29, 1.82) is 5.26 Å². The molecule has 20 heavy (non-hydrogen) atoms. The summed E-state index contributed by atoms with van der Waals surface area (Å²) in [6, 6.07) is 6.88. The second kappa shape index (κ2) is 7.40. The summed E-state index contributed by atoms with van der Waals surface area (Å²) in [6.45, 7) is 3.76. The van der Waals surface area contributed by atoms with Crippen molar-refractivity contribution >= 4 is 0 Å². The molecule has 0 saturated heterocycles. The molecule has 0 amide bonds. The van der Waals surface area contributed by atoms with Crippen LogP contribution >= 0.6 is 0 Å².